The van der Waals surface area contributed by atoms with Crippen LogP contribution in [0.2, 0.25) is 0 Å². The van der Waals surface area contributed by atoms with E-state index in [-0.39, 0.29) is 12.5 Å². The van der Waals surface area contributed by atoms with E-state index in [9.17, 15) is 9.90 Å². The summed E-state index contributed by atoms with van der Waals surface area (Å²) in [6.45, 7) is 2.19. The van der Waals surface area contributed by atoms with Crippen molar-refractivity contribution >= 4 is 11.6 Å². The molecule has 1 unspecified atom stereocenters. The molecule has 19 heavy (non-hydrogen) atoms. The third-order valence-electron chi connectivity index (χ3n) is 2.85. The van der Waals surface area contributed by atoms with E-state index in [4.69, 9.17) is 4.74 Å². The molecule has 0 saturated heterocycles. The second-order valence-electron chi connectivity index (χ2n) is 4.82. The van der Waals surface area contributed by atoms with Crippen LogP contribution in [0.15, 0.2) is 24.3 Å². The maximum absolute atomic E-state index is 11.1. The zero-order valence-corrected chi connectivity index (χ0v) is 11.1. The summed E-state index contributed by atoms with van der Waals surface area (Å²) in [5.41, 5.74) is 0.623. The molecule has 1 aliphatic carbocycles. The first-order chi connectivity index (χ1) is 9.15. The first-order valence-electron chi connectivity index (χ1n) is 6.56. The summed E-state index contributed by atoms with van der Waals surface area (Å²) >= 11 is 0. The standard InChI is InChI=1S/C14H20N2O3/c1-10(17)16-13-4-2-3-5-14(13)19-9-12(18)8-15-11-6-7-11/h2-5,11-12,15,18H,6-9H2,1H3,(H,16,17). The minimum atomic E-state index is -0.550. The molecule has 1 atom stereocenters. The second kappa shape index (κ2) is 6.54. The van der Waals surface area contributed by atoms with E-state index in [0.717, 1.165) is 0 Å². The van der Waals surface area contributed by atoms with Crippen molar-refractivity contribution in [2.45, 2.75) is 31.9 Å². The van der Waals surface area contributed by atoms with E-state index in [1.807, 2.05) is 12.1 Å². The fourth-order valence-corrected chi connectivity index (χ4v) is 1.72. The largest absolute Gasteiger partial charge is 0.489 e. The van der Waals surface area contributed by atoms with E-state index >= 15 is 0 Å². The van der Waals surface area contributed by atoms with E-state index in [2.05, 4.69) is 10.6 Å². The highest BCUT2D eigenvalue weighted by molar-refractivity contribution is 5.90. The maximum Gasteiger partial charge on any atom is 0.221 e. The van der Waals surface area contributed by atoms with Gasteiger partial charge in [-0.05, 0) is 25.0 Å². The van der Waals surface area contributed by atoms with Crippen LogP contribution in [0.25, 0.3) is 0 Å². The zero-order chi connectivity index (χ0) is 13.7. The molecule has 0 heterocycles. The Hall–Kier alpha value is -1.59. The van der Waals surface area contributed by atoms with Gasteiger partial charge in [0.25, 0.3) is 0 Å². The lowest BCUT2D eigenvalue weighted by Crippen LogP contribution is -2.32. The summed E-state index contributed by atoms with van der Waals surface area (Å²) in [5, 5.41) is 15.7. The number of ether oxygens (including phenoxy) is 1. The van der Waals surface area contributed by atoms with Crippen LogP contribution >= 0.6 is 0 Å². The Morgan fingerprint density at radius 2 is 2.21 bits per heavy atom. The van der Waals surface area contributed by atoms with Gasteiger partial charge in [-0.15, -0.1) is 0 Å². The number of nitrogens with one attached hydrogen (secondary N) is 2. The molecule has 1 aromatic carbocycles. The summed E-state index contributed by atoms with van der Waals surface area (Å²) < 4.78 is 5.55. The number of anilines is 1. The predicted molar refractivity (Wildman–Crippen MR) is 73.3 cm³/mol. The second-order valence-corrected chi connectivity index (χ2v) is 4.82. The third-order valence-corrected chi connectivity index (χ3v) is 2.85. The summed E-state index contributed by atoms with van der Waals surface area (Å²) in [6, 6.07) is 7.76. The zero-order valence-electron chi connectivity index (χ0n) is 11.1. The average Bonchev–Trinajstić information content (AvgIpc) is 3.18. The van der Waals surface area contributed by atoms with E-state index < -0.39 is 6.10 Å². The van der Waals surface area contributed by atoms with Crippen LogP contribution in [0.1, 0.15) is 19.8 Å². The summed E-state index contributed by atoms with van der Waals surface area (Å²) in [5.74, 6) is 0.426. The van der Waals surface area contributed by atoms with Crippen molar-refractivity contribution in [2.24, 2.45) is 0 Å². The Balaban J connectivity index is 1.81. The molecule has 5 nitrogen and oxygen atoms in total. The molecule has 0 bridgehead atoms. The first kappa shape index (κ1) is 13.8. The minimum absolute atomic E-state index is 0.146. The van der Waals surface area contributed by atoms with Crippen LogP contribution in [0.4, 0.5) is 5.69 Å². The number of para-hydroxylation sites is 2. The molecule has 3 N–H and O–H groups in total. The highest BCUT2D eigenvalue weighted by atomic mass is 16.5. The van der Waals surface area contributed by atoms with Crippen LogP contribution < -0.4 is 15.4 Å². The van der Waals surface area contributed by atoms with Crippen molar-refractivity contribution in [1.29, 1.82) is 0 Å². The summed E-state index contributed by atoms with van der Waals surface area (Å²) in [7, 11) is 0. The topological polar surface area (TPSA) is 70.6 Å². The van der Waals surface area contributed by atoms with Gasteiger partial charge in [-0.1, -0.05) is 12.1 Å². The van der Waals surface area contributed by atoms with E-state index in [1.165, 1.54) is 19.8 Å². The molecule has 1 aliphatic rings. The van der Waals surface area contributed by atoms with Gasteiger partial charge < -0.3 is 20.5 Å². The molecule has 5 heteroatoms. The lowest BCUT2D eigenvalue weighted by Gasteiger charge is -2.15. The predicted octanol–water partition coefficient (Wildman–Crippen LogP) is 1.14. The number of hydrogen-bond acceptors (Lipinski definition) is 4. The highest BCUT2D eigenvalue weighted by Crippen LogP contribution is 2.23. The van der Waals surface area contributed by atoms with Gasteiger partial charge in [-0.25, -0.2) is 0 Å². The minimum Gasteiger partial charge on any atom is -0.489 e. The maximum atomic E-state index is 11.1. The normalized spacial score (nSPS) is 15.9. The number of amides is 1. The van der Waals surface area contributed by atoms with Gasteiger partial charge in [0.1, 0.15) is 18.5 Å². The Bertz CT molecular complexity index is 432. The SMILES string of the molecule is CC(=O)Nc1ccccc1OCC(O)CNC1CC1. The Morgan fingerprint density at radius 1 is 1.47 bits per heavy atom. The van der Waals surface area contributed by atoms with Gasteiger partial charge in [0.15, 0.2) is 0 Å². The monoisotopic (exact) mass is 264 g/mol. The third kappa shape index (κ3) is 4.89. The molecular weight excluding hydrogens is 244 g/mol. The first-order valence-corrected chi connectivity index (χ1v) is 6.56. The van der Waals surface area contributed by atoms with Crippen molar-refractivity contribution in [1.82, 2.24) is 5.32 Å². The number of aliphatic hydroxyl groups excluding tert-OH is 1. The molecule has 1 amide bonds. The number of carbonyl (C=O) groups is 1. The van der Waals surface area contributed by atoms with Gasteiger partial charge in [-0.2, -0.15) is 0 Å². The summed E-state index contributed by atoms with van der Waals surface area (Å²) in [6.07, 6.45) is 1.84. The van der Waals surface area contributed by atoms with Crippen molar-refractivity contribution in [3.8, 4) is 5.75 Å². The van der Waals surface area contributed by atoms with Gasteiger partial charge in [0, 0.05) is 19.5 Å². The Labute approximate surface area is 113 Å². The van der Waals surface area contributed by atoms with Crippen LogP contribution in [0.5, 0.6) is 5.75 Å². The van der Waals surface area contributed by atoms with E-state index in [1.54, 1.807) is 12.1 Å². The van der Waals surface area contributed by atoms with Gasteiger partial charge >= 0.3 is 0 Å². The quantitative estimate of drug-likeness (QED) is 0.690. The molecule has 0 radical (unpaired) electrons. The van der Waals surface area contributed by atoms with Crippen LogP contribution in [0, 0.1) is 0 Å². The lowest BCUT2D eigenvalue weighted by atomic mass is 10.3. The molecule has 0 aromatic heterocycles. The molecule has 1 fully saturated rings. The van der Waals surface area contributed by atoms with Crippen molar-refractivity contribution in [3.63, 3.8) is 0 Å². The van der Waals surface area contributed by atoms with Gasteiger partial charge in [0.05, 0.1) is 5.69 Å². The van der Waals surface area contributed by atoms with Gasteiger partial charge in [0.2, 0.25) is 5.91 Å². The number of hydrogen-bond donors (Lipinski definition) is 3. The fourth-order valence-electron chi connectivity index (χ4n) is 1.72. The molecular formula is C14H20N2O3. The molecule has 0 aliphatic heterocycles. The van der Waals surface area contributed by atoms with E-state index in [0.29, 0.717) is 24.0 Å². The van der Waals surface area contributed by atoms with Crippen molar-refractivity contribution in [3.05, 3.63) is 24.3 Å². The number of benzene rings is 1. The molecule has 0 spiro atoms. The average molecular weight is 264 g/mol. The van der Waals surface area contributed by atoms with Crippen LogP contribution in [0.3, 0.4) is 0 Å². The lowest BCUT2D eigenvalue weighted by molar-refractivity contribution is -0.114. The Morgan fingerprint density at radius 3 is 2.89 bits per heavy atom. The molecule has 1 saturated carbocycles. The highest BCUT2D eigenvalue weighted by Gasteiger charge is 2.21. The molecule has 2 rings (SSSR count). The van der Waals surface area contributed by atoms with Crippen LogP contribution in [-0.4, -0.2) is 36.3 Å². The number of rotatable bonds is 7. The van der Waals surface area contributed by atoms with Crippen LogP contribution in [-0.2, 0) is 4.79 Å². The number of carbonyl (C=O) groups excluding carboxylic acids is 1. The van der Waals surface area contributed by atoms with Gasteiger partial charge in [-0.3, -0.25) is 4.79 Å². The summed E-state index contributed by atoms with van der Waals surface area (Å²) in [4.78, 5) is 11.1. The molecule has 104 valence electrons. The number of aliphatic hydroxyl groups is 1. The van der Waals surface area contributed by atoms with Crippen molar-refractivity contribution < 1.29 is 14.6 Å². The Kier molecular flexibility index (Phi) is 4.76. The smallest absolute Gasteiger partial charge is 0.221 e. The van der Waals surface area contributed by atoms with Crippen molar-refractivity contribution in [2.75, 3.05) is 18.5 Å². The fraction of sp³-hybridized carbons (Fsp3) is 0.500. The molecule has 1 aromatic rings.